The van der Waals surface area contributed by atoms with Crippen molar-refractivity contribution in [2.24, 2.45) is 0 Å². The van der Waals surface area contributed by atoms with Crippen molar-refractivity contribution in [1.29, 1.82) is 0 Å². The largest absolute Gasteiger partial charge is 0.481 e. The number of halogens is 3. The summed E-state index contributed by atoms with van der Waals surface area (Å²) in [7, 11) is 0. The summed E-state index contributed by atoms with van der Waals surface area (Å²) in [6, 6.07) is 1.15. The van der Waals surface area contributed by atoms with Crippen LogP contribution in [0.1, 0.15) is 50.0 Å². The number of alkyl halides is 3. The van der Waals surface area contributed by atoms with Crippen molar-refractivity contribution >= 4 is 5.97 Å². The molecule has 1 atom stereocenters. The summed E-state index contributed by atoms with van der Waals surface area (Å²) < 4.78 is 55.9. The van der Waals surface area contributed by atoms with E-state index in [9.17, 15) is 18.0 Å². The smallest absolute Gasteiger partial charge is 0.451 e. The van der Waals surface area contributed by atoms with Crippen LogP contribution in [0, 0.1) is 0 Å². The summed E-state index contributed by atoms with van der Waals surface area (Å²) in [6.07, 6.45) is -2.92. The third-order valence-corrected chi connectivity index (χ3v) is 4.59. The van der Waals surface area contributed by atoms with Gasteiger partial charge in [0.2, 0.25) is 11.7 Å². The summed E-state index contributed by atoms with van der Waals surface area (Å²) >= 11 is 0. The van der Waals surface area contributed by atoms with E-state index in [0.717, 1.165) is 6.07 Å². The van der Waals surface area contributed by atoms with Crippen LogP contribution in [0.2, 0.25) is 0 Å². The molecule has 1 aromatic heterocycles. The molecular weight excluding hydrogens is 357 g/mol. The predicted octanol–water partition coefficient (Wildman–Crippen LogP) is 2.75. The Hall–Kier alpha value is -1.94. The number of carbonyl (C=O) groups is 1. The van der Waals surface area contributed by atoms with Crippen molar-refractivity contribution in [3.63, 3.8) is 0 Å². The van der Waals surface area contributed by atoms with E-state index in [1.807, 2.05) is 0 Å². The van der Waals surface area contributed by atoms with Crippen molar-refractivity contribution < 1.29 is 37.3 Å². The van der Waals surface area contributed by atoms with Gasteiger partial charge >= 0.3 is 12.1 Å². The van der Waals surface area contributed by atoms with Crippen LogP contribution >= 0.6 is 0 Å². The van der Waals surface area contributed by atoms with Crippen LogP contribution in [0.25, 0.3) is 0 Å². The number of hydrogen-bond acceptors (Lipinski definition) is 6. The summed E-state index contributed by atoms with van der Waals surface area (Å²) in [6.45, 7) is 2.32. The molecule has 1 aliphatic carbocycles. The van der Waals surface area contributed by atoms with Crippen LogP contribution < -0.4 is 4.74 Å². The molecule has 1 aliphatic heterocycles. The molecule has 0 amide bonds. The van der Waals surface area contributed by atoms with E-state index in [-0.39, 0.29) is 17.7 Å². The van der Waals surface area contributed by atoms with E-state index in [0.29, 0.717) is 38.9 Å². The fourth-order valence-electron chi connectivity index (χ4n) is 3.08. The highest BCUT2D eigenvalue weighted by atomic mass is 19.4. The van der Waals surface area contributed by atoms with Crippen LogP contribution in [0.5, 0.6) is 5.88 Å². The first-order valence-corrected chi connectivity index (χ1v) is 8.32. The number of carboxylic acids is 1. The fraction of sp³-hybridized carbons (Fsp3) is 0.688. The van der Waals surface area contributed by atoms with E-state index in [4.69, 9.17) is 19.3 Å². The normalized spacial score (nSPS) is 21.7. The molecule has 1 aromatic rings. The van der Waals surface area contributed by atoms with E-state index < -0.39 is 29.7 Å². The fourth-order valence-corrected chi connectivity index (χ4v) is 3.08. The van der Waals surface area contributed by atoms with E-state index in [1.54, 1.807) is 0 Å². The van der Waals surface area contributed by atoms with Gasteiger partial charge in [-0.1, -0.05) is 0 Å². The number of nitrogens with zero attached hydrogens (tertiary/aromatic N) is 2. The van der Waals surface area contributed by atoms with Crippen molar-refractivity contribution in [3.8, 4) is 5.88 Å². The van der Waals surface area contributed by atoms with Crippen LogP contribution in [0.4, 0.5) is 13.2 Å². The highest BCUT2D eigenvalue weighted by molar-refractivity contribution is 5.74. The van der Waals surface area contributed by atoms with E-state index >= 15 is 0 Å². The molecule has 2 aliphatic rings. The lowest BCUT2D eigenvalue weighted by Crippen LogP contribution is -2.38. The quantitative estimate of drug-likeness (QED) is 0.864. The first kappa shape index (κ1) is 18.8. The highest BCUT2D eigenvalue weighted by Crippen LogP contribution is 2.37. The summed E-state index contributed by atoms with van der Waals surface area (Å²) in [4.78, 5) is 17.9. The van der Waals surface area contributed by atoms with E-state index in [1.165, 1.54) is 6.92 Å². The molecule has 3 rings (SSSR count). The van der Waals surface area contributed by atoms with Crippen molar-refractivity contribution in [1.82, 2.24) is 9.97 Å². The second-order valence-corrected chi connectivity index (χ2v) is 6.44. The minimum atomic E-state index is -4.80. The summed E-state index contributed by atoms with van der Waals surface area (Å²) in [5.41, 5.74) is -0.246. The van der Waals surface area contributed by atoms with Gasteiger partial charge in [0, 0.05) is 18.9 Å². The molecule has 0 radical (unpaired) electrons. The Morgan fingerprint density at radius 3 is 2.46 bits per heavy atom. The molecule has 1 saturated heterocycles. The second kappa shape index (κ2) is 6.99. The number of aliphatic carboxylic acids is 1. The molecule has 1 saturated carbocycles. The van der Waals surface area contributed by atoms with Gasteiger partial charge < -0.3 is 19.3 Å². The van der Waals surface area contributed by atoms with E-state index in [2.05, 4.69) is 9.97 Å². The lowest BCUT2D eigenvalue weighted by atomic mass is 9.92. The third-order valence-electron chi connectivity index (χ3n) is 4.59. The first-order chi connectivity index (χ1) is 12.2. The minimum Gasteiger partial charge on any atom is -0.481 e. The van der Waals surface area contributed by atoms with Gasteiger partial charge in [0.1, 0.15) is 6.10 Å². The molecule has 2 heterocycles. The van der Waals surface area contributed by atoms with Crippen LogP contribution in [-0.4, -0.2) is 46.1 Å². The molecule has 144 valence electrons. The summed E-state index contributed by atoms with van der Waals surface area (Å²) in [5.74, 6) is -4.78. The lowest BCUT2D eigenvalue weighted by molar-refractivity contribution is -0.186. The van der Waals surface area contributed by atoms with Gasteiger partial charge in [0.15, 0.2) is 5.79 Å². The topological polar surface area (TPSA) is 90.8 Å². The third kappa shape index (κ3) is 4.07. The molecule has 1 spiro atoms. The van der Waals surface area contributed by atoms with Gasteiger partial charge in [-0.15, -0.1) is 0 Å². The minimum absolute atomic E-state index is 0.246. The molecular formula is C16H19F3N2O5. The van der Waals surface area contributed by atoms with Crippen LogP contribution in [0.3, 0.4) is 0 Å². The zero-order chi connectivity index (χ0) is 18.9. The molecule has 1 N–H and O–H groups in total. The van der Waals surface area contributed by atoms with Gasteiger partial charge in [0.25, 0.3) is 0 Å². The van der Waals surface area contributed by atoms with Gasteiger partial charge in [-0.3, -0.25) is 4.79 Å². The van der Waals surface area contributed by atoms with Gasteiger partial charge in [0.05, 0.1) is 24.8 Å². The number of hydrogen-bond donors (Lipinski definition) is 1. The van der Waals surface area contributed by atoms with Crippen molar-refractivity contribution in [2.45, 2.75) is 56.6 Å². The Morgan fingerprint density at radius 1 is 1.31 bits per heavy atom. The maximum atomic E-state index is 13.0. The maximum absolute atomic E-state index is 13.0. The first-order valence-electron chi connectivity index (χ1n) is 8.32. The monoisotopic (exact) mass is 376 g/mol. The predicted molar refractivity (Wildman–Crippen MR) is 80.6 cm³/mol. The number of rotatable bonds is 4. The molecule has 26 heavy (non-hydrogen) atoms. The zero-order valence-corrected chi connectivity index (χ0v) is 14.1. The Morgan fingerprint density at radius 2 is 1.92 bits per heavy atom. The zero-order valence-electron chi connectivity index (χ0n) is 14.1. The van der Waals surface area contributed by atoms with Gasteiger partial charge in [-0.2, -0.15) is 18.2 Å². The molecule has 7 nitrogen and oxygen atoms in total. The Balaban J connectivity index is 1.76. The number of aromatic nitrogens is 2. The van der Waals surface area contributed by atoms with Crippen LogP contribution in [-0.2, 0) is 20.4 Å². The lowest BCUT2D eigenvalue weighted by Gasteiger charge is -2.35. The van der Waals surface area contributed by atoms with Crippen LogP contribution in [0.15, 0.2) is 6.07 Å². The Labute approximate surface area is 147 Å². The standard InChI is InChI=1S/C16H19F3N2O5/c1-9(13(22)23)11-8-12(21-14(20-11)16(17,18)19)26-10-2-4-15(5-3-10)24-6-7-25-15/h8-10H,2-7H2,1H3,(H,22,23). The Kier molecular flexibility index (Phi) is 5.07. The highest BCUT2D eigenvalue weighted by Gasteiger charge is 2.41. The van der Waals surface area contributed by atoms with Crippen molar-refractivity contribution in [3.05, 3.63) is 17.6 Å². The number of ether oxygens (including phenoxy) is 3. The maximum Gasteiger partial charge on any atom is 0.451 e. The second-order valence-electron chi connectivity index (χ2n) is 6.44. The molecule has 1 unspecified atom stereocenters. The molecule has 2 fully saturated rings. The number of carboxylic acid groups (broad SMARTS) is 1. The average molecular weight is 376 g/mol. The van der Waals surface area contributed by atoms with Gasteiger partial charge in [-0.25, -0.2) is 4.98 Å². The molecule has 0 bridgehead atoms. The summed E-state index contributed by atoms with van der Waals surface area (Å²) in [5, 5.41) is 9.05. The Bertz CT molecular complexity index is 666. The SMILES string of the molecule is CC(C(=O)O)c1cc(OC2CCC3(CC2)OCCO3)nc(C(F)(F)F)n1. The molecule has 0 aromatic carbocycles. The molecule has 10 heteroatoms. The van der Waals surface area contributed by atoms with Gasteiger partial charge in [-0.05, 0) is 19.8 Å². The average Bonchev–Trinajstić information content (AvgIpc) is 3.03. The van der Waals surface area contributed by atoms with Crippen molar-refractivity contribution in [2.75, 3.05) is 13.2 Å².